The fourth-order valence-electron chi connectivity index (χ4n) is 1.29. The molecule has 1 heterocycles. The fourth-order valence-corrected chi connectivity index (χ4v) is 1.29. The molecule has 17 heavy (non-hydrogen) atoms. The standard InChI is InChI=1S/C11H14F3NO2/c1-7(2)17-9-3-8(5-15-6-9)10(16)4-11(12,13)14/h3,5-7,10,16H,4H2,1-2H3. The summed E-state index contributed by atoms with van der Waals surface area (Å²) in [6.07, 6.45) is -4.83. The van der Waals surface area contributed by atoms with Gasteiger partial charge >= 0.3 is 6.18 Å². The summed E-state index contributed by atoms with van der Waals surface area (Å²) in [5.41, 5.74) is 0.0977. The van der Waals surface area contributed by atoms with Crippen LogP contribution in [0.4, 0.5) is 13.2 Å². The zero-order valence-corrected chi connectivity index (χ0v) is 9.53. The maximum Gasteiger partial charge on any atom is 0.391 e. The Morgan fingerprint density at radius 2 is 2.00 bits per heavy atom. The molecule has 0 bridgehead atoms. The fraction of sp³-hybridized carbons (Fsp3) is 0.545. The number of aliphatic hydroxyl groups is 1. The first kappa shape index (κ1) is 13.8. The molecule has 1 aromatic heterocycles. The molecule has 1 rings (SSSR count). The highest BCUT2D eigenvalue weighted by Crippen LogP contribution is 2.30. The maximum absolute atomic E-state index is 12.1. The summed E-state index contributed by atoms with van der Waals surface area (Å²) in [4.78, 5) is 3.74. The van der Waals surface area contributed by atoms with Crippen LogP contribution in [0, 0.1) is 0 Å². The number of nitrogens with zero attached hydrogens (tertiary/aromatic N) is 1. The number of aromatic nitrogens is 1. The lowest BCUT2D eigenvalue weighted by Gasteiger charge is -2.15. The number of halogens is 3. The van der Waals surface area contributed by atoms with E-state index in [0.29, 0.717) is 5.75 Å². The Morgan fingerprint density at radius 3 is 2.53 bits per heavy atom. The van der Waals surface area contributed by atoms with E-state index in [9.17, 15) is 18.3 Å². The van der Waals surface area contributed by atoms with E-state index < -0.39 is 18.7 Å². The molecule has 0 fully saturated rings. The van der Waals surface area contributed by atoms with E-state index in [1.165, 1.54) is 18.5 Å². The Labute approximate surface area is 97.2 Å². The van der Waals surface area contributed by atoms with E-state index in [1.54, 1.807) is 13.8 Å². The van der Waals surface area contributed by atoms with Crippen molar-refractivity contribution in [2.45, 2.75) is 38.7 Å². The first-order valence-electron chi connectivity index (χ1n) is 5.14. The van der Waals surface area contributed by atoms with Crippen molar-refractivity contribution in [3.05, 3.63) is 24.0 Å². The smallest absolute Gasteiger partial charge is 0.391 e. The number of alkyl halides is 3. The van der Waals surface area contributed by atoms with Crippen LogP contribution in [0.3, 0.4) is 0 Å². The Hall–Kier alpha value is -1.30. The molecule has 0 aliphatic carbocycles. The predicted octanol–water partition coefficient (Wildman–Crippen LogP) is 2.85. The van der Waals surface area contributed by atoms with Gasteiger partial charge in [0.15, 0.2) is 0 Å². The summed E-state index contributed by atoms with van der Waals surface area (Å²) in [5.74, 6) is 0.346. The lowest BCUT2D eigenvalue weighted by atomic mass is 10.1. The summed E-state index contributed by atoms with van der Waals surface area (Å²) in [6.45, 7) is 3.58. The van der Waals surface area contributed by atoms with Gasteiger partial charge in [0.1, 0.15) is 5.75 Å². The highest BCUT2D eigenvalue weighted by Gasteiger charge is 2.31. The van der Waals surface area contributed by atoms with Crippen LogP contribution in [0.15, 0.2) is 18.5 Å². The predicted molar refractivity (Wildman–Crippen MR) is 55.6 cm³/mol. The zero-order chi connectivity index (χ0) is 13.1. The van der Waals surface area contributed by atoms with E-state index in [-0.39, 0.29) is 11.7 Å². The van der Waals surface area contributed by atoms with Crippen LogP contribution in [0.25, 0.3) is 0 Å². The summed E-state index contributed by atoms with van der Waals surface area (Å²) in [7, 11) is 0. The number of ether oxygens (including phenoxy) is 1. The molecule has 0 amide bonds. The van der Waals surface area contributed by atoms with Crippen molar-refractivity contribution in [3.63, 3.8) is 0 Å². The lowest BCUT2D eigenvalue weighted by Crippen LogP contribution is -2.14. The normalized spacial score (nSPS) is 13.8. The van der Waals surface area contributed by atoms with Crippen LogP contribution >= 0.6 is 0 Å². The van der Waals surface area contributed by atoms with Gasteiger partial charge in [0.05, 0.1) is 24.8 Å². The minimum Gasteiger partial charge on any atom is -0.489 e. The topological polar surface area (TPSA) is 42.4 Å². The molecular formula is C11H14F3NO2. The Kier molecular flexibility index (Phi) is 4.34. The van der Waals surface area contributed by atoms with Crippen molar-refractivity contribution in [1.29, 1.82) is 0 Å². The Bertz CT molecular complexity index is 366. The first-order chi connectivity index (χ1) is 7.78. The van der Waals surface area contributed by atoms with Crippen molar-refractivity contribution >= 4 is 0 Å². The largest absolute Gasteiger partial charge is 0.489 e. The van der Waals surface area contributed by atoms with E-state index in [2.05, 4.69) is 4.98 Å². The highest BCUT2D eigenvalue weighted by atomic mass is 19.4. The van der Waals surface area contributed by atoms with Gasteiger partial charge < -0.3 is 9.84 Å². The van der Waals surface area contributed by atoms with Crippen LogP contribution in [0.1, 0.15) is 31.9 Å². The third-order valence-electron chi connectivity index (χ3n) is 1.92. The SMILES string of the molecule is CC(C)Oc1cncc(C(O)CC(F)(F)F)c1. The Morgan fingerprint density at radius 1 is 1.35 bits per heavy atom. The van der Waals surface area contributed by atoms with E-state index in [1.807, 2.05) is 0 Å². The second-order valence-corrected chi connectivity index (χ2v) is 3.96. The molecule has 0 saturated carbocycles. The minimum atomic E-state index is -4.41. The molecule has 1 aromatic rings. The molecule has 0 aromatic carbocycles. The van der Waals surface area contributed by atoms with Crippen LogP contribution in [0.5, 0.6) is 5.75 Å². The van der Waals surface area contributed by atoms with Gasteiger partial charge in [-0.3, -0.25) is 4.98 Å². The maximum atomic E-state index is 12.1. The summed E-state index contributed by atoms with van der Waals surface area (Å²) >= 11 is 0. The van der Waals surface area contributed by atoms with Crippen LogP contribution in [-0.2, 0) is 0 Å². The van der Waals surface area contributed by atoms with Gasteiger partial charge in [0.25, 0.3) is 0 Å². The molecule has 0 aliphatic rings. The monoisotopic (exact) mass is 249 g/mol. The second kappa shape index (κ2) is 5.35. The van der Waals surface area contributed by atoms with Crippen molar-refractivity contribution < 1.29 is 23.0 Å². The van der Waals surface area contributed by atoms with Crippen LogP contribution < -0.4 is 4.74 Å². The zero-order valence-electron chi connectivity index (χ0n) is 9.53. The number of hydrogen-bond acceptors (Lipinski definition) is 3. The summed E-state index contributed by atoms with van der Waals surface area (Å²) < 4.78 is 41.6. The highest BCUT2D eigenvalue weighted by molar-refractivity contribution is 5.25. The van der Waals surface area contributed by atoms with E-state index in [4.69, 9.17) is 4.74 Å². The minimum absolute atomic E-state index is 0.0977. The van der Waals surface area contributed by atoms with Crippen molar-refractivity contribution in [2.24, 2.45) is 0 Å². The van der Waals surface area contributed by atoms with Crippen LogP contribution in [0.2, 0.25) is 0 Å². The second-order valence-electron chi connectivity index (χ2n) is 3.96. The molecule has 0 spiro atoms. The number of aliphatic hydroxyl groups excluding tert-OH is 1. The van der Waals surface area contributed by atoms with Gasteiger partial charge in [-0.15, -0.1) is 0 Å². The molecule has 0 saturated heterocycles. The third kappa shape index (κ3) is 5.04. The van der Waals surface area contributed by atoms with Gasteiger partial charge in [0, 0.05) is 11.8 Å². The van der Waals surface area contributed by atoms with E-state index in [0.717, 1.165) is 0 Å². The van der Waals surface area contributed by atoms with Crippen molar-refractivity contribution in [1.82, 2.24) is 4.98 Å². The number of pyridine rings is 1. The van der Waals surface area contributed by atoms with Gasteiger partial charge in [-0.05, 0) is 19.9 Å². The van der Waals surface area contributed by atoms with Crippen LogP contribution in [-0.4, -0.2) is 22.4 Å². The molecule has 96 valence electrons. The summed E-state index contributed by atoms with van der Waals surface area (Å²) in [5, 5.41) is 9.40. The molecular weight excluding hydrogens is 235 g/mol. The molecule has 0 radical (unpaired) electrons. The molecule has 3 nitrogen and oxygen atoms in total. The van der Waals surface area contributed by atoms with Gasteiger partial charge in [0.2, 0.25) is 0 Å². The summed E-state index contributed by atoms with van der Waals surface area (Å²) in [6, 6.07) is 1.36. The quantitative estimate of drug-likeness (QED) is 0.892. The molecule has 1 unspecified atom stereocenters. The first-order valence-corrected chi connectivity index (χ1v) is 5.14. The molecule has 1 N–H and O–H groups in total. The molecule has 6 heteroatoms. The lowest BCUT2D eigenvalue weighted by molar-refractivity contribution is -0.154. The van der Waals surface area contributed by atoms with Gasteiger partial charge in [-0.25, -0.2) is 0 Å². The third-order valence-corrected chi connectivity index (χ3v) is 1.92. The number of hydrogen-bond donors (Lipinski definition) is 1. The number of rotatable bonds is 4. The van der Waals surface area contributed by atoms with Gasteiger partial charge in [-0.2, -0.15) is 13.2 Å². The average molecular weight is 249 g/mol. The van der Waals surface area contributed by atoms with Crippen molar-refractivity contribution in [2.75, 3.05) is 0 Å². The van der Waals surface area contributed by atoms with E-state index >= 15 is 0 Å². The van der Waals surface area contributed by atoms with Crippen molar-refractivity contribution in [3.8, 4) is 5.75 Å². The average Bonchev–Trinajstić information content (AvgIpc) is 2.14. The molecule has 1 atom stereocenters. The molecule has 0 aliphatic heterocycles. The Balaban J connectivity index is 2.77. The van der Waals surface area contributed by atoms with Gasteiger partial charge in [-0.1, -0.05) is 0 Å².